The average molecular weight is 217 g/mol. The van der Waals surface area contributed by atoms with Crippen molar-refractivity contribution in [1.29, 1.82) is 0 Å². The van der Waals surface area contributed by atoms with E-state index in [-0.39, 0.29) is 11.5 Å². The quantitative estimate of drug-likeness (QED) is 0.443. The van der Waals surface area contributed by atoms with E-state index in [1.54, 1.807) is 0 Å². The number of benzene rings is 1. The summed E-state index contributed by atoms with van der Waals surface area (Å²) in [4.78, 5) is 10.1. The highest BCUT2D eigenvalue weighted by Gasteiger charge is 2.18. The molecule has 3 nitrogen and oxygen atoms in total. The largest absolute Gasteiger partial charge is 0.264 e. The Hall–Kier alpha value is -1.64. The molecule has 2 rings (SSSR count). The molecule has 0 amide bonds. The summed E-state index contributed by atoms with van der Waals surface area (Å²) in [6, 6.07) is 10.4. The normalized spacial score (nSPS) is 20.2. The molecule has 0 aromatic heterocycles. The second kappa shape index (κ2) is 4.92. The number of allylic oxidation sites excluding steroid dienone is 1. The van der Waals surface area contributed by atoms with Crippen LogP contribution in [0, 0.1) is 10.1 Å². The topological polar surface area (TPSA) is 43.1 Å². The van der Waals surface area contributed by atoms with Gasteiger partial charge in [0.05, 0.1) is 0 Å². The molecule has 1 aromatic carbocycles. The van der Waals surface area contributed by atoms with E-state index in [4.69, 9.17) is 0 Å². The van der Waals surface area contributed by atoms with Crippen LogP contribution in [0.2, 0.25) is 0 Å². The Labute approximate surface area is 94.9 Å². The lowest BCUT2D eigenvalue weighted by Crippen LogP contribution is -2.10. The molecule has 0 N–H and O–H groups in total. The maximum atomic E-state index is 10.4. The van der Waals surface area contributed by atoms with Crippen molar-refractivity contribution in [2.24, 2.45) is 0 Å². The summed E-state index contributed by atoms with van der Waals surface area (Å²) in [5, 5.41) is 10.4. The van der Waals surface area contributed by atoms with Gasteiger partial charge in [-0.05, 0) is 36.3 Å². The summed E-state index contributed by atoms with van der Waals surface area (Å²) >= 11 is 0. The maximum Gasteiger partial charge on any atom is 0.224 e. The van der Waals surface area contributed by atoms with Crippen molar-refractivity contribution in [2.75, 3.05) is 6.54 Å². The highest BCUT2D eigenvalue weighted by molar-refractivity contribution is 5.23. The minimum Gasteiger partial charge on any atom is -0.264 e. The van der Waals surface area contributed by atoms with E-state index in [2.05, 4.69) is 12.1 Å². The Balaban J connectivity index is 1.99. The fourth-order valence-corrected chi connectivity index (χ4v) is 2.23. The monoisotopic (exact) mass is 217 g/mol. The van der Waals surface area contributed by atoms with Crippen molar-refractivity contribution < 1.29 is 4.92 Å². The molecule has 1 unspecified atom stereocenters. The second-order valence-electron chi connectivity index (χ2n) is 4.24. The van der Waals surface area contributed by atoms with Crippen LogP contribution in [0.25, 0.3) is 0 Å². The van der Waals surface area contributed by atoms with Crippen LogP contribution in [0.15, 0.2) is 42.0 Å². The number of hydrogen-bond donors (Lipinski definition) is 0. The molecule has 0 saturated carbocycles. The zero-order chi connectivity index (χ0) is 11.4. The molecule has 0 bridgehead atoms. The van der Waals surface area contributed by atoms with Crippen molar-refractivity contribution in [2.45, 2.75) is 25.2 Å². The number of hydrogen-bond acceptors (Lipinski definition) is 2. The van der Waals surface area contributed by atoms with Crippen LogP contribution >= 0.6 is 0 Å². The molecule has 1 aromatic rings. The van der Waals surface area contributed by atoms with Crippen LogP contribution in [0.5, 0.6) is 0 Å². The lowest BCUT2D eigenvalue weighted by atomic mass is 9.85. The third-order valence-corrected chi connectivity index (χ3v) is 3.11. The highest BCUT2D eigenvalue weighted by Crippen LogP contribution is 2.31. The molecule has 0 spiro atoms. The average Bonchev–Trinajstić information content (AvgIpc) is 2.30. The summed E-state index contributed by atoms with van der Waals surface area (Å²) in [5.41, 5.74) is 2.33. The fraction of sp³-hybridized carbons (Fsp3) is 0.385. The van der Waals surface area contributed by atoms with E-state index < -0.39 is 0 Å². The third kappa shape index (κ3) is 2.69. The van der Waals surface area contributed by atoms with Crippen molar-refractivity contribution in [3.63, 3.8) is 0 Å². The summed E-state index contributed by atoms with van der Waals surface area (Å²) < 4.78 is 0. The van der Waals surface area contributed by atoms with Crippen molar-refractivity contribution in [1.82, 2.24) is 0 Å². The molecular weight excluding hydrogens is 202 g/mol. The Kier molecular flexibility index (Phi) is 3.34. The predicted octanol–water partition coefficient (Wildman–Crippen LogP) is 3.16. The molecule has 84 valence electrons. The van der Waals surface area contributed by atoms with Crippen molar-refractivity contribution >= 4 is 0 Å². The Morgan fingerprint density at radius 3 is 2.62 bits per heavy atom. The molecule has 0 fully saturated rings. The predicted molar refractivity (Wildman–Crippen MR) is 63.0 cm³/mol. The first-order valence-corrected chi connectivity index (χ1v) is 5.60. The van der Waals surface area contributed by atoms with Gasteiger partial charge in [-0.25, -0.2) is 0 Å². The minimum atomic E-state index is -0.241. The fourth-order valence-electron chi connectivity index (χ4n) is 2.23. The van der Waals surface area contributed by atoms with Crippen molar-refractivity contribution in [3.05, 3.63) is 57.7 Å². The lowest BCUT2D eigenvalue weighted by Gasteiger charge is -2.20. The highest BCUT2D eigenvalue weighted by atomic mass is 16.6. The van der Waals surface area contributed by atoms with E-state index in [0.29, 0.717) is 5.92 Å². The van der Waals surface area contributed by atoms with E-state index in [9.17, 15) is 10.1 Å². The van der Waals surface area contributed by atoms with Crippen LogP contribution in [0.3, 0.4) is 0 Å². The van der Waals surface area contributed by atoms with E-state index in [0.717, 1.165) is 24.8 Å². The van der Waals surface area contributed by atoms with E-state index in [1.165, 1.54) is 5.56 Å². The number of nitrogens with zero attached hydrogens (tertiary/aromatic N) is 1. The summed E-state index contributed by atoms with van der Waals surface area (Å²) in [5.74, 6) is 0.539. The summed E-state index contributed by atoms with van der Waals surface area (Å²) in [7, 11) is 0. The van der Waals surface area contributed by atoms with Gasteiger partial charge in [0.15, 0.2) is 0 Å². The molecule has 0 aliphatic heterocycles. The van der Waals surface area contributed by atoms with E-state index in [1.807, 2.05) is 24.3 Å². The van der Waals surface area contributed by atoms with Crippen LogP contribution in [-0.2, 0) is 0 Å². The van der Waals surface area contributed by atoms with Gasteiger partial charge >= 0.3 is 0 Å². The molecule has 1 aliphatic rings. The van der Waals surface area contributed by atoms with E-state index >= 15 is 0 Å². The van der Waals surface area contributed by atoms with Gasteiger partial charge in [-0.1, -0.05) is 36.4 Å². The zero-order valence-electron chi connectivity index (χ0n) is 9.13. The molecule has 1 atom stereocenters. The van der Waals surface area contributed by atoms with Gasteiger partial charge in [0.1, 0.15) is 0 Å². The van der Waals surface area contributed by atoms with Crippen LogP contribution in [0.1, 0.15) is 30.7 Å². The molecule has 0 saturated heterocycles. The molecule has 3 heteroatoms. The first kappa shape index (κ1) is 10.9. The maximum absolute atomic E-state index is 10.4. The van der Waals surface area contributed by atoms with Gasteiger partial charge < -0.3 is 0 Å². The van der Waals surface area contributed by atoms with Crippen molar-refractivity contribution in [3.8, 4) is 0 Å². The third-order valence-electron chi connectivity index (χ3n) is 3.11. The molecule has 1 aliphatic carbocycles. The van der Waals surface area contributed by atoms with Gasteiger partial charge in [0.2, 0.25) is 6.54 Å². The summed E-state index contributed by atoms with van der Waals surface area (Å²) in [6.45, 7) is 0.0154. The Morgan fingerprint density at radius 2 is 2.06 bits per heavy atom. The van der Waals surface area contributed by atoms with Gasteiger partial charge in [0, 0.05) is 4.92 Å². The summed E-state index contributed by atoms with van der Waals surface area (Å²) in [6.07, 6.45) is 4.88. The smallest absolute Gasteiger partial charge is 0.224 e. The lowest BCUT2D eigenvalue weighted by molar-refractivity contribution is -0.471. The van der Waals surface area contributed by atoms with Crippen LogP contribution in [-0.4, -0.2) is 11.5 Å². The first-order valence-electron chi connectivity index (χ1n) is 5.60. The minimum absolute atomic E-state index is 0.0154. The van der Waals surface area contributed by atoms with Gasteiger partial charge in [-0.15, -0.1) is 0 Å². The Morgan fingerprint density at radius 1 is 1.31 bits per heavy atom. The SMILES string of the molecule is O=[N+]([O-])CC1=CCC(c2ccccc2)CC1. The number of rotatable bonds is 3. The number of nitro groups is 1. The molecule has 0 heterocycles. The zero-order valence-corrected chi connectivity index (χ0v) is 9.13. The van der Waals surface area contributed by atoms with Crippen LogP contribution in [0.4, 0.5) is 0 Å². The molecule has 0 radical (unpaired) electrons. The van der Waals surface area contributed by atoms with Gasteiger partial charge in [-0.3, -0.25) is 10.1 Å². The van der Waals surface area contributed by atoms with Gasteiger partial charge in [0.25, 0.3) is 0 Å². The molecule has 16 heavy (non-hydrogen) atoms. The Bertz CT molecular complexity index is 398. The standard InChI is InChI=1S/C13H15NO2/c15-14(16)10-11-6-8-13(9-7-11)12-4-2-1-3-5-12/h1-6,13H,7-10H2. The van der Waals surface area contributed by atoms with Gasteiger partial charge in [-0.2, -0.15) is 0 Å². The van der Waals surface area contributed by atoms with Crippen LogP contribution < -0.4 is 0 Å². The second-order valence-corrected chi connectivity index (χ2v) is 4.24. The first-order chi connectivity index (χ1) is 7.75. The molecular formula is C13H15NO2.